The van der Waals surface area contributed by atoms with Gasteiger partial charge in [-0.25, -0.2) is 9.07 Å². The topological polar surface area (TPSA) is 87.8 Å². The summed E-state index contributed by atoms with van der Waals surface area (Å²) in [6.45, 7) is 12.5. The van der Waals surface area contributed by atoms with Crippen LogP contribution in [0.2, 0.25) is 0 Å². The number of nitrogens with zero attached hydrogens (tertiary/aromatic N) is 6. The lowest BCUT2D eigenvalue weighted by Crippen LogP contribution is -2.47. The molecule has 2 aromatic carbocycles. The first-order chi connectivity index (χ1) is 17.7. The minimum Gasteiger partial charge on any atom is -0.354 e. The molecule has 1 aromatic heterocycles. The number of aryl methyl sites for hydroxylation is 1. The summed E-state index contributed by atoms with van der Waals surface area (Å²) in [5.41, 5.74) is 2.37. The van der Waals surface area contributed by atoms with Crippen molar-refractivity contribution in [1.82, 2.24) is 19.6 Å². The van der Waals surface area contributed by atoms with Crippen LogP contribution in [0, 0.1) is 22.9 Å². The Morgan fingerprint density at radius 3 is 2.46 bits per heavy atom. The largest absolute Gasteiger partial charge is 0.354 e. The van der Waals surface area contributed by atoms with E-state index in [1.165, 1.54) is 30.3 Å². The van der Waals surface area contributed by atoms with Crippen LogP contribution < -0.4 is 4.90 Å². The van der Waals surface area contributed by atoms with E-state index >= 15 is 0 Å². The van der Waals surface area contributed by atoms with Crippen LogP contribution in [0.15, 0.2) is 48.5 Å². The van der Waals surface area contributed by atoms with E-state index in [1.807, 2.05) is 26.8 Å². The van der Waals surface area contributed by atoms with Crippen LogP contribution >= 0.6 is 0 Å². The van der Waals surface area contributed by atoms with Crippen molar-refractivity contribution in [3.8, 4) is 5.69 Å². The quantitative estimate of drug-likeness (QED) is 0.331. The van der Waals surface area contributed by atoms with Gasteiger partial charge in [0.1, 0.15) is 11.6 Å². The number of amides is 1. The molecule has 9 nitrogen and oxygen atoms in total. The summed E-state index contributed by atoms with van der Waals surface area (Å²) in [4.78, 5) is 30.7. The molecule has 196 valence electrons. The summed E-state index contributed by atoms with van der Waals surface area (Å²) >= 11 is 0. The Balaban J connectivity index is 1.75. The summed E-state index contributed by atoms with van der Waals surface area (Å²) in [5.74, 6) is 0.202. The molecular weight excluding hydrogens is 475 g/mol. The van der Waals surface area contributed by atoms with Gasteiger partial charge in [-0.2, -0.15) is 5.10 Å². The Kier molecular flexibility index (Phi) is 7.87. The van der Waals surface area contributed by atoms with Gasteiger partial charge in [0.15, 0.2) is 0 Å². The second kappa shape index (κ2) is 11.1. The maximum absolute atomic E-state index is 14.2. The van der Waals surface area contributed by atoms with Gasteiger partial charge >= 0.3 is 0 Å². The van der Waals surface area contributed by atoms with Gasteiger partial charge in [-0.15, -0.1) is 0 Å². The van der Waals surface area contributed by atoms with Gasteiger partial charge in [-0.05, 0) is 51.6 Å². The van der Waals surface area contributed by atoms with E-state index in [9.17, 15) is 19.3 Å². The summed E-state index contributed by atoms with van der Waals surface area (Å²) in [6, 6.07) is 12.0. The monoisotopic (exact) mass is 508 g/mol. The Labute approximate surface area is 216 Å². The number of nitro benzene ring substituents is 1. The molecule has 1 aliphatic heterocycles. The summed E-state index contributed by atoms with van der Waals surface area (Å²) in [6.07, 6.45) is 0. The molecule has 1 fully saturated rings. The lowest BCUT2D eigenvalue weighted by molar-refractivity contribution is -0.384. The number of hydrogen-bond donors (Lipinski definition) is 0. The first-order valence-electron chi connectivity index (χ1n) is 12.6. The predicted molar refractivity (Wildman–Crippen MR) is 141 cm³/mol. The molecule has 10 heteroatoms. The molecule has 0 bridgehead atoms. The van der Waals surface area contributed by atoms with Crippen LogP contribution in [0.4, 0.5) is 15.9 Å². The zero-order valence-corrected chi connectivity index (χ0v) is 21.7. The number of nitro groups is 1. The number of rotatable bonds is 8. The zero-order chi connectivity index (χ0) is 26.7. The second-order valence-electron chi connectivity index (χ2n) is 9.53. The number of carbonyl (C=O) groups is 1. The third-order valence-electron chi connectivity index (χ3n) is 6.85. The maximum atomic E-state index is 14.2. The average Bonchev–Trinajstić information content (AvgIpc) is 3.22. The standard InChI is InChI=1S/C27H33FN6O3/c1-5-30-12-14-31(15-13-30)26-25(20(4)29-33(26)23-10-7-9-22(28)17-23)18-32(19(2)3)27(35)21-8-6-11-24(16-21)34(36)37/h6-11,16-17,19H,5,12-15,18H2,1-4H3. The number of halogens is 1. The second-order valence-corrected chi connectivity index (χ2v) is 9.53. The van der Waals surface area contributed by atoms with Crippen molar-refractivity contribution in [3.63, 3.8) is 0 Å². The molecule has 0 unspecified atom stereocenters. The van der Waals surface area contributed by atoms with Crippen LogP contribution in [-0.4, -0.2) is 69.2 Å². The Morgan fingerprint density at radius 2 is 1.84 bits per heavy atom. The van der Waals surface area contributed by atoms with E-state index in [-0.39, 0.29) is 35.6 Å². The van der Waals surface area contributed by atoms with Crippen molar-refractivity contribution in [1.29, 1.82) is 0 Å². The molecule has 0 spiro atoms. The average molecular weight is 509 g/mol. The Hall–Kier alpha value is -3.79. The lowest BCUT2D eigenvalue weighted by atomic mass is 10.1. The number of anilines is 1. The Morgan fingerprint density at radius 1 is 1.14 bits per heavy atom. The molecule has 0 N–H and O–H groups in total. The van der Waals surface area contributed by atoms with Gasteiger partial charge in [-0.3, -0.25) is 14.9 Å². The smallest absolute Gasteiger partial charge is 0.270 e. The van der Waals surface area contributed by atoms with Gasteiger partial charge in [-0.1, -0.05) is 19.1 Å². The number of non-ortho nitro benzene ring substituents is 1. The highest BCUT2D eigenvalue weighted by atomic mass is 19.1. The minimum absolute atomic E-state index is 0.126. The molecule has 3 aromatic rings. The van der Waals surface area contributed by atoms with E-state index in [0.717, 1.165) is 49.8 Å². The fourth-order valence-corrected chi connectivity index (χ4v) is 4.70. The maximum Gasteiger partial charge on any atom is 0.270 e. The van der Waals surface area contributed by atoms with Crippen molar-refractivity contribution in [2.24, 2.45) is 0 Å². The molecule has 1 aliphatic rings. The molecule has 4 rings (SSSR count). The number of carbonyl (C=O) groups excluding carboxylic acids is 1. The number of aromatic nitrogens is 2. The summed E-state index contributed by atoms with van der Waals surface area (Å²) in [7, 11) is 0. The van der Waals surface area contributed by atoms with E-state index in [0.29, 0.717) is 5.69 Å². The highest BCUT2D eigenvalue weighted by molar-refractivity contribution is 5.95. The van der Waals surface area contributed by atoms with Crippen molar-refractivity contribution >= 4 is 17.4 Å². The lowest BCUT2D eigenvalue weighted by Gasteiger charge is -2.36. The van der Waals surface area contributed by atoms with Crippen LogP contribution in [0.5, 0.6) is 0 Å². The molecule has 1 saturated heterocycles. The third kappa shape index (κ3) is 5.64. The first kappa shape index (κ1) is 26.3. The third-order valence-corrected chi connectivity index (χ3v) is 6.85. The highest BCUT2D eigenvalue weighted by Gasteiger charge is 2.29. The van der Waals surface area contributed by atoms with Crippen LogP contribution in [0.1, 0.15) is 42.4 Å². The van der Waals surface area contributed by atoms with Crippen molar-refractivity contribution in [3.05, 3.63) is 81.3 Å². The van der Waals surface area contributed by atoms with Crippen LogP contribution in [0.3, 0.4) is 0 Å². The van der Waals surface area contributed by atoms with Gasteiger partial charge in [0, 0.05) is 55.5 Å². The predicted octanol–water partition coefficient (Wildman–Crippen LogP) is 4.42. The zero-order valence-electron chi connectivity index (χ0n) is 21.7. The molecule has 1 amide bonds. The molecule has 0 saturated carbocycles. The molecule has 0 radical (unpaired) electrons. The van der Waals surface area contributed by atoms with E-state index < -0.39 is 4.92 Å². The van der Waals surface area contributed by atoms with Crippen molar-refractivity contribution < 1.29 is 14.1 Å². The number of likely N-dealkylation sites (N-methyl/N-ethyl adjacent to an activating group) is 1. The number of piperazine rings is 1. The molecular formula is C27H33FN6O3. The van der Waals surface area contributed by atoms with Gasteiger partial charge < -0.3 is 14.7 Å². The molecule has 0 atom stereocenters. The summed E-state index contributed by atoms with van der Waals surface area (Å²) < 4.78 is 15.9. The first-order valence-corrected chi connectivity index (χ1v) is 12.6. The molecule has 2 heterocycles. The molecule has 37 heavy (non-hydrogen) atoms. The molecule has 0 aliphatic carbocycles. The Bertz CT molecular complexity index is 1280. The van der Waals surface area contributed by atoms with Crippen molar-refractivity contribution in [2.75, 3.05) is 37.6 Å². The van der Waals surface area contributed by atoms with Crippen LogP contribution in [-0.2, 0) is 6.54 Å². The number of hydrogen-bond acceptors (Lipinski definition) is 6. The van der Waals surface area contributed by atoms with E-state index in [1.54, 1.807) is 21.7 Å². The minimum atomic E-state index is -0.502. The van der Waals surface area contributed by atoms with E-state index in [4.69, 9.17) is 5.10 Å². The van der Waals surface area contributed by atoms with Crippen molar-refractivity contribution in [2.45, 2.75) is 40.3 Å². The fraction of sp³-hybridized carbons (Fsp3) is 0.407. The van der Waals surface area contributed by atoms with E-state index in [2.05, 4.69) is 16.7 Å². The SMILES string of the molecule is CCN1CCN(c2c(CN(C(=O)c3cccc([N+](=O)[O-])c3)C(C)C)c(C)nn2-c2cccc(F)c2)CC1. The van der Waals surface area contributed by atoms with Gasteiger partial charge in [0.05, 0.1) is 22.8 Å². The van der Waals surface area contributed by atoms with Crippen LogP contribution in [0.25, 0.3) is 5.69 Å². The highest BCUT2D eigenvalue weighted by Crippen LogP contribution is 2.31. The summed E-state index contributed by atoms with van der Waals surface area (Å²) in [5, 5.41) is 16.1. The fourth-order valence-electron chi connectivity index (χ4n) is 4.70. The van der Waals surface area contributed by atoms with Gasteiger partial charge in [0.2, 0.25) is 0 Å². The normalized spacial score (nSPS) is 14.3. The number of benzene rings is 2. The van der Waals surface area contributed by atoms with Gasteiger partial charge in [0.25, 0.3) is 11.6 Å².